The molecule has 0 N–H and O–H groups in total. The molecule has 0 saturated carbocycles. The highest BCUT2D eigenvalue weighted by molar-refractivity contribution is 5.92. The van der Waals surface area contributed by atoms with Gasteiger partial charge in [0, 0.05) is 13.2 Å². The SMILES string of the molecule is CON(C)C(=O)c1cnn(C(c2ccccc2)(c2ccccc2)c2ccccc2)c1. The maximum Gasteiger partial charge on any atom is 0.280 e. The Kier molecular flexibility index (Phi) is 5.46. The smallest absolute Gasteiger partial charge is 0.274 e. The van der Waals surface area contributed by atoms with Crippen LogP contribution in [0.2, 0.25) is 0 Å². The maximum absolute atomic E-state index is 12.7. The molecule has 1 amide bonds. The molecule has 3 aromatic carbocycles. The lowest BCUT2D eigenvalue weighted by Crippen LogP contribution is -2.38. The van der Waals surface area contributed by atoms with Crippen LogP contribution in [0, 0.1) is 0 Å². The zero-order valence-electron chi connectivity index (χ0n) is 17.0. The van der Waals surface area contributed by atoms with Crippen LogP contribution < -0.4 is 0 Å². The average Bonchev–Trinajstić information content (AvgIpc) is 3.31. The summed E-state index contributed by atoms with van der Waals surface area (Å²) >= 11 is 0. The minimum Gasteiger partial charge on any atom is -0.274 e. The van der Waals surface area contributed by atoms with Gasteiger partial charge in [-0.25, -0.2) is 5.06 Å². The van der Waals surface area contributed by atoms with Crippen molar-refractivity contribution in [2.45, 2.75) is 5.54 Å². The number of carbonyl (C=O) groups excluding carboxylic acids is 1. The van der Waals surface area contributed by atoms with Crippen LogP contribution in [0.3, 0.4) is 0 Å². The summed E-state index contributed by atoms with van der Waals surface area (Å²) in [5.41, 5.74) is 2.85. The standard InChI is InChI=1S/C25H23N3O2/c1-27(30-2)24(29)20-18-26-28(19-20)25(21-12-6-3-7-13-21,22-14-8-4-9-15-22)23-16-10-5-11-17-23/h3-19H,1-2H3. The number of aromatic nitrogens is 2. The van der Waals surface area contributed by atoms with Gasteiger partial charge in [0.2, 0.25) is 0 Å². The molecule has 0 fully saturated rings. The van der Waals surface area contributed by atoms with Crippen LogP contribution >= 0.6 is 0 Å². The van der Waals surface area contributed by atoms with Gasteiger partial charge in [-0.3, -0.25) is 14.3 Å². The molecule has 1 heterocycles. The number of hydrogen-bond acceptors (Lipinski definition) is 3. The van der Waals surface area contributed by atoms with Gasteiger partial charge in [0.25, 0.3) is 5.91 Å². The number of nitrogens with zero attached hydrogens (tertiary/aromatic N) is 3. The van der Waals surface area contributed by atoms with Gasteiger partial charge in [-0.2, -0.15) is 5.10 Å². The quantitative estimate of drug-likeness (QED) is 0.359. The molecule has 0 aliphatic heterocycles. The molecule has 4 rings (SSSR count). The monoisotopic (exact) mass is 397 g/mol. The minimum absolute atomic E-state index is 0.258. The first-order valence-electron chi connectivity index (χ1n) is 9.72. The highest BCUT2D eigenvalue weighted by Gasteiger charge is 2.39. The molecule has 4 aromatic rings. The van der Waals surface area contributed by atoms with Crippen molar-refractivity contribution >= 4 is 5.91 Å². The fourth-order valence-corrected chi connectivity index (χ4v) is 3.82. The Labute approximate surface area is 176 Å². The van der Waals surface area contributed by atoms with Crippen LogP contribution in [0.1, 0.15) is 27.0 Å². The molecular formula is C25H23N3O2. The molecule has 0 aliphatic rings. The van der Waals surface area contributed by atoms with Crippen LogP contribution in [0.5, 0.6) is 0 Å². The van der Waals surface area contributed by atoms with E-state index in [2.05, 4.69) is 41.5 Å². The van der Waals surface area contributed by atoms with E-state index in [0.29, 0.717) is 5.56 Å². The summed E-state index contributed by atoms with van der Waals surface area (Å²) in [5, 5.41) is 5.86. The molecule has 30 heavy (non-hydrogen) atoms. The summed E-state index contributed by atoms with van der Waals surface area (Å²) in [6, 6.07) is 30.6. The molecule has 0 bridgehead atoms. The molecule has 5 nitrogen and oxygen atoms in total. The fraction of sp³-hybridized carbons (Fsp3) is 0.120. The Balaban J connectivity index is 2.02. The Bertz CT molecular complexity index is 1010. The molecule has 0 unspecified atom stereocenters. The summed E-state index contributed by atoms with van der Waals surface area (Å²) in [7, 11) is 3.04. The molecule has 5 heteroatoms. The second kappa shape index (κ2) is 8.35. The van der Waals surface area contributed by atoms with Gasteiger partial charge < -0.3 is 0 Å². The van der Waals surface area contributed by atoms with Crippen molar-refractivity contribution in [3.63, 3.8) is 0 Å². The number of hydrogen-bond donors (Lipinski definition) is 0. The lowest BCUT2D eigenvalue weighted by Gasteiger charge is -2.36. The van der Waals surface area contributed by atoms with E-state index in [0.717, 1.165) is 16.7 Å². The highest BCUT2D eigenvalue weighted by Crippen LogP contribution is 2.40. The third-order valence-corrected chi connectivity index (χ3v) is 5.31. The first kappa shape index (κ1) is 19.6. The van der Waals surface area contributed by atoms with Crippen LogP contribution in [-0.4, -0.2) is 34.9 Å². The van der Waals surface area contributed by atoms with Crippen molar-refractivity contribution in [3.05, 3.63) is 126 Å². The van der Waals surface area contributed by atoms with E-state index >= 15 is 0 Å². The van der Waals surface area contributed by atoms with E-state index in [4.69, 9.17) is 4.84 Å². The van der Waals surface area contributed by atoms with Gasteiger partial charge in [-0.15, -0.1) is 0 Å². The van der Waals surface area contributed by atoms with E-state index in [-0.39, 0.29) is 5.91 Å². The molecule has 1 aromatic heterocycles. The van der Waals surface area contributed by atoms with E-state index in [1.54, 1.807) is 19.4 Å². The average molecular weight is 397 g/mol. The number of benzene rings is 3. The lowest BCUT2D eigenvalue weighted by atomic mass is 9.77. The van der Waals surface area contributed by atoms with Crippen LogP contribution in [-0.2, 0) is 10.4 Å². The van der Waals surface area contributed by atoms with Crippen LogP contribution in [0.15, 0.2) is 103 Å². The summed E-state index contributed by atoms with van der Waals surface area (Å²) in [4.78, 5) is 17.7. The van der Waals surface area contributed by atoms with Crippen molar-refractivity contribution < 1.29 is 9.63 Å². The second-order valence-electron chi connectivity index (χ2n) is 6.97. The van der Waals surface area contributed by atoms with Crippen molar-refractivity contribution in [3.8, 4) is 0 Å². The number of rotatable bonds is 6. The molecule has 0 saturated heterocycles. The number of hydroxylamine groups is 2. The molecule has 0 radical (unpaired) electrons. The van der Waals surface area contributed by atoms with Crippen molar-refractivity contribution in [1.82, 2.24) is 14.8 Å². The summed E-state index contributed by atoms with van der Waals surface area (Å²) < 4.78 is 1.86. The topological polar surface area (TPSA) is 47.4 Å². The fourth-order valence-electron chi connectivity index (χ4n) is 3.82. The predicted molar refractivity (Wildman–Crippen MR) is 116 cm³/mol. The van der Waals surface area contributed by atoms with Crippen molar-refractivity contribution in [2.75, 3.05) is 14.2 Å². The normalized spacial score (nSPS) is 11.3. The van der Waals surface area contributed by atoms with Gasteiger partial charge in [0.15, 0.2) is 0 Å². The zero-order valence-corrected chi connectivity index (χ0v) is 17.0. The highest BCUT2D eigenvalue weighted by atomic mass is 16.7. The molecule has 0 atom stereocenters. The first-order valence-corrected chi connectivity index (χ1v) is 9.72. The minimum atomic E-state index is -0.742. The van der Waals surface area contributed by atoms with Crippen LogP contribution in [0.4, 0.5) is 0 Å². The summed E-state index contributed by atoms with van der Waals surface area (Å²) in [6.45, 7) is 0. The Morgan fingerprint density at radius 1 is 0.833 bits per heavy atom. The van der Waals surface area contributed by atoms with E-state index in [9.17, 15) is 4.79 Å². The first-order chi connectivity index (χ1) is 14.7. The Morgan fingerprint density at radius 2 is 1.27 bits per heavy atom. The second-order valence-corrected chi connectivity index (χ2v) is 6.97. The van der Waals surface area contributed by atoms with Gasteiger partial charge in [0.1, 0.15) is 5.54 Å². The van der Waals surface area contributed by atoms with Gasteiger partial charge in [-0.1, -0.05) is 91.0 Å². The molecule has 150 valence electrons. The third kappa shape index (κ3) is 3.29. The predicted octanol–water partition coefficient (Wildman–Crippen LogP) is 4.36. The maximum atomic E-state index is 12.7. The molecular weight excluding hydrogens is 374 g/mol. The van der Waals surface area contributed by atoms with Crippen molar-refractivity contribution in [2.24, 2.45) is 0 Å². The number of carbonyl (C=O) groups is 1. The molecule has 0 spiro atoms. The third-order valence-electron chi connectivity index (χ3n) is 5.31. The van der Waals surface area contributed by atoms with E-state index in [1.807, 2.05) is 59.3 Å². The van der Waals surface area contributed by atoms with Gasteiger partial charge in [0.05, 0.1) is 18.9 Å². The zero-order chi connectivity index (χ0) is 21.0. The summed E-state index contributed by atoms with van der Waals surface area (Å²) in [6.07, 6.45) is 3.37. The van der Waals surface area contributed by atoms with Gasteiger partial charge >= 0.3 is 0 Å². The van der Waals surface area contributed by atoms with Crippen LogP contribution in [0.25, 0.3) is 0 Å². The van der Waals surface area contributed by atoms with Gasteiger partial charge in [-0.05, 0) is 16.7 Å². The summed E-state index contributed by atoms with van der Waals surface area (Å²) in [5.74, 6) is -0.258. The van der Waals surface area contributed by atoms with E-state index < -0.39 is 5.54 Å². The lowest BCUT2D eigenvalue weighted by molar-refractivity contribution is -0.0757. The van der Waals surface area contributed by atoms with Crippen molar-refractivity contribution in [1.29, 1.82) is 0 Å². The Morgan fingerprint density at radius 3 is 1.67 bits per heavy atom. The van der Waals surface area contributed by atoms with E-state index in [1.165, 1.54) is 12.2 Å². The Hall–Kier alpha value is -3.70. The number of amides is 1. The largest absolute Gasteiger partial charge is 0.280 e. The molecule has 0 aliphatic carbocycles.